The summed E-state index contributed by atoms with van der Waals surface area (Å²) in [4.78, 5) is 14.5. The Kier molecular flexibility index (Phi) is 8.00. The van der Waals surface area contributed by atoms with E-state index in [-0.39, 0.29) is 12.5 Å². The standard InChI is InChI=1S/C27H29ClN2O3/c28-22-11-9-20(10-12-22)15-16-29-17-23(31)19-33-26-8-4-7-25-24(26)13-14-27(32)30(25)18-21-5-2-1-3-6-21/h1-12,23,29,31H,13-19H2. The molecule has 0 fully saturated rings. The van der Waals surface area contributed by atoms with E-state index in [4.69, 9.17) is 16.3 Å². The first kappa shape index (κ1) is 23.3. The quantitative estimate of drug-likeness (QED) is 0.437. The van der Waals surface area contributed by atoms with E-state index < -0.39 is 6.10 Å². The van der Waals surface area contributed by atoms with Crippen LogP contribution < -0.4 is 15.0 Å². The molecule has 1 aliphatic heterocycles. The summed E-state index contributed by atoms with van der Waals surface area (Å²) in [7, 11) is 0. The number of hydrogen-bond acceptors (Lipinski definition) is 4. The normalized spacial score (nSPS) is 14.1. The summed E-state index contributed by atoms with van der Waals surface area (Å²) in [6, 6.07) is 23.6. The first-order chi connectivity index (χ1) is 16.1. The second-order valence-electron chi connectivity index (χ2n) is 8.26. The summed E-state index contributed by atoms with van der Waals surface area (Å²) in [6.45, 7) is 1.94. The molecule has 33 heavy (non-hydrogen) atoms. The van der Waals surface area contributed by atoms with Gasteiger partial charge < -0.3 is 20.1 Å². The number of carbonyl (C=O) groups excluding carboxylic acids is 1. The average Bonchev–Trinajstić information content (AvgIpc) is 2.84. The van der Waals surface area contributed by atoms with Crippen molar-refractivity contribution in [3.63, 3.8) is 0 Å². The lowest BCUT2D eigenvalue weighted by molar-refractivity contribution is -0.119. The summed E-state index contributed by atoms with van der Waals surface area (Å²) in [5.74, 6) is 0.853. The van der Waals surface area contributed by atoms with Crippen molar-refractivity contribution in [3.8, 4) is 5.75 Å². The molecule has 3 aromatic rings. The van der Waals surface area contributed by atoms with E-state index in [0.29, 0.717) is 25.9 Å². The molecule has 0 spiro atoms. The second-order valence-corrected chi connectivity index (χ2v) is 8.70. The molecule has 0 bridgehead atoms. The Balaban J connectivity index is 1.30. The molecular weight excluding hydrogens is 436 g/mol. The van der Waals surface area contributed by atoms with Crippen LogP contribution in [-0.2, 0) is 24.2 Å². The van der Waals surface area contributed by atoms with Crippen molar-refractivity contribution in [2.75, 3.05) is 24.6 Å². The van der Waals surface area contributed by atoms with Gasteiger partial charge in [-0.05, 0) is 54.8 Å². The molecule has 1 atom stereocenters. The molecule has 0 saturated carbocycles. The van der Waals surface area contributed by atoms with E-state index in [1.807, 2.05) is 77.7 Å². The van der Waals surface area contributed by atoms with Crippen LogP contribution in [0.15, 0.2) is 72.8 Å². The van der Waals surface area contributed by atoms with Gasteiger partial charge in [0.15, 0.2) is 0 Å². The molecule has 6 heteroatoms. The van der Waals surface area contributed by atoms with Crippen molar-refractivity contribution in [3.05, 3.63) is 94.5 Å². The summed E-state index contributed by atoms with van der Waals surface area (Å²) < 4.78 is 5.99. The van der Waals surface area contributed by atoms with Crippen molar-refractivity contribution >= 4 is 23.2 Å². The van der Waals surface area contributed by atoms with Crippen LogP contribution in [0.5, 0.6) is 5.75 Å². The number of hydrogen-bond donors (Lipinski definition) is 2. The van der Waals surface area contributed by atoms with Gasteiger partial charge in [-0.15, -0.1) is 0 Å². The van der Waals surface area contributed by atoms with E-state index >= 15 is 0 Å². The van der Waals surface area contributed by atoms with Gasteiger partial charge in [-0.1, -0.05) is 60.1 Å². The predicted molar refractivity (Wildman–Crippen MR) is 132 cm³/mol. The van der Waals surface area contributed by atoms with Crippen molar-refractivity contribution in [1.82, 2.24) is 5.32 Å². The van der Waals surface area contributed by atoms with Crippen LogP contribution in [0.25, 0.3) is 0 Å². The Labute approximate surface area is 200 Å². The number of nitrogens with zero attached hydrogens (tertiary/aromatic N) is 1. The van der Waals surface area contributed by atoms with Gasteiger partial charge in [0.25, 0.3) is 0 Å². The number of fused-ring (bicyclic) bond motifs is 1. The third-order valence-electron chi connectivity index (χ3n) is 5.79. The Hall–Kier alpha value is -2.86. The summed E-state index contributed by atoms with van der Waals surface area (Å²) >= 11 is 5.91. The number of nitrogens with one attached hydrogen (secondary N) is 1. The topological polar surface area (TPSA) is 61.8 Å². The van der Waals surface area contributed by atoms with E-state index in [2.05, 4.69) is 5.32 Å². The molecule has 1 heterocycles. The van der Waals surface area contributed by atoms with Gasteiger partial charge in [-0.3, -0.25) is 4.79 Å². The van der Waals surface area contributed by atoms with Crippen LogP contribution in [0.2, 0.25) is 5.02 Å². The summed E-state index contributed by atoms with van der Waals surface area (Å²) in [5, 5.41) is 14.4. The first-order valence-electron chi connectivity index (χ1n) is 11.3. The minimum absolute atomic E-state index is 0.119. The van der Waals surface area contributed by atoms with Crippen molar-refractivity contribution < 1.29 is 14.6 Å². The highest BCUT2D eigenvalue weighted by Crippen LogP contribution is 2.35. The number of amides is 1. The summed E-state index contributed by atoms with van der Waals surface area (Å²) in [5.41, 5.74) is 4.20. The van der Waals surface area contributed by atoms with Crippen LogP contribution in [0.1, 0.15) is 23.1 Å². The second kappa shape index (κ2) is 11.3. The van der Waals surface area contributed by atoms with Crippen molar-refractivity contribution in [2.45, 2.75) is 31.9 Å². The number of carbonyl (C=O) groups is 1. The zero-order valence-electron chi connectivity index (χ0n) is 18.5. The Morgan fingerprint density at radius 3 is 2.55 bits per heavy atom. The fourth-order valence-corrected chi connectivity index (χ4v) is 4.16. The van der Waals surface area contributed by atoms with Crippen LogP contribution >= 0.6 is 11.6 Å². The maximum Gasteiger partial charge on any atom is 0.227 e. The minimum Gasteiger partial charge on any atom is -0.490 e. The smallest absolute Gasteiger partial charge is 0.227 e. The molecule has 1 unspecified atom stereocenters. The summed E-state index contributed by atoms with van der Waals surface area (Å²) in [6.07, 6.45) is 1.33. The average molecular weight is 465 g/mol. The molecule has 0 radical (unpaired) electrons. The van der Waals surface area contributed by atoms with E-state index in [1.54, 1.807) is 0 Å². The van der Waals surface area contributed by atoms with Gasteiger partial charge >= 0.3 is 0 Å². The lowest BCUT2D eigenvalue weighted by Gasteiger charge is -2.31. The number of ether oxygens (including phenoxy) is 1. The zero-order valence-corrected chi connectivity index (χ0v) is 19.3. The third-order valence-corrected chi connectivity index (χ3v) is 6.04. The highest BCUT2D eigenvalue weighted by molar-refractivity contribution is 6.30. The van der Waals surface area contributed by atoms with Crippen molar-refractivity contribution in [1.29, 1.82) is 0 Å². The first-order valence-corrected chi connectivity index (χ1v) is 11.7. The third kappa shape index (κ3) is 6.35. The van der Waals surface area contributed by atoms with Crippen LogP contribution in [0, 0.1) is 0 Å². The molecule has 2 N–H and O–H groups in total. The fraction of sp³-hybridized carbons (Fsp3) is 0.296. The predicted octanol–water partition coefficient (Wildman–Crippen LogP) is 4.39. The van der Waals surface area contributed by atoms with Crippen LogP contribution in [-0.4, -0.2) is 36.8 Å². The van der Waals surface area contributed by atoms with E-state index in [0.717, 1.165) is 40.6 Å². The Morgan fingerprint density at radius 2 is 1.76 bits per heavy atom. The highest BCUT2D eigenvalue weighted by Gasteiger charge is 2.26. The lowest BCUT2D eigenvalue weighted by atomic mass is 9.99. The van der Waals surface area contributed by atoms with Gasteiger partial charge in [0.1, 0.15) is 18.5 Å². The van der Waals surface area contributed by atoms with Crippen LogP contribution in [0.4, 0.5) is 5.69 Å². The number of aliphatic hydroxyl groups is 1. The number of aliphatic hydroxyl groups excluding tert-OH is 1. The molecule has 0 saturated heterocycles. The van der Waals surface area contributed by atoms with Gasteiger partial charge in [0.2, 0.25) is 5.91 Å². The Bertz CT molecular complexity index is 1060. The lowest BCUT2D eigenvalue weighted by Crippen LogP contribution is -2.35. The molecular formula is C27H29ClN2O3. The van der Waals surface area contributed by atoms with Crippen LogP contribution in [0.3, 0.4) is 0 Å². The highest BCUT2D eigenvalue weighted by atomic mass is 35.5. The molecule has 4 rings (SSSR count). The maximum absolute atomic E-state index is 12.6. The molecule has 5 nitrogen and oxygen atoms in total. The monoisotopic (exact) mass is 464 g/mol. The number of halogens is 1. The molecule has 1 aliphatic rings. The number of rotatable bonds is 10. The SMILES string of the molecule is O=C1CCc2c(OCC(O)CNCCc3ccc(Cl)cc3)cccc2N1Cc1ccccc1. The van der Waals surface area contributed by atoms with Gasteiger partial charge in [-0.25, -0.2) is 0 Å². The molecule has 172 valence electrons. The largest absolute Gasteiger partial charge is 0.490 e. The van der Waals surface area contributed by atoms with E-state index in [1.165, 1.54) is 5.56 Å². The van der Waals surface area contributed by atoms with Gasteiger partial charge in [0, 0.05) is 23.6 Å². The number of anilines is 1. The maximum atomic E-state index is 12.6. The fourth-order valence-electron chi connectivity index (χ4n) is 4.03. The Morgan fingerprint density at radius 1 is 0.970 bits per heavy atom. The molecule has 0 aromatic heterocycles. The van der Waals surface area contributed by atoms with E-state index in [9.17, 15) is 9.90 Å². The zero-order chi connectivity index (χ0) is 23.0. The van der Waals surface area contributed by atoms with Crippen molar-refractivity contribution in [2.24, 2.45) is 0 Å². The number of benzene rings is 3. The minimum atomic E-state index is -0.628. The molecule has 0 aliphatic carbocycles. The van der Waals surface area contributed by atoms with Gasteiger partial charge in [-0.2, -0.15) is 0 Å². The molecule has 3 aromatic carbocycles. The molecule has 1 amide bonds. The van der Waals surface area contributed by atoms with Gasteiger partial charge in [0.05, 0.1) is 12.2 Å².